The molecule has 0 heterocycles. The van der Waals surface area contributed by atoms with Gasteiger partial charge in [0.15, 0.2) is 0 Å². The zero-order valence-corrected chi connectivity index (χ0v) is 15.4. The van der Waals surface area contributed by atoms with Crippen LogP contribution < -0.4 is 15.4 Å². The van der Waals surface area contributed by atoms with E-state index in [1.807, 2.05) is 65.8 Å². The van der Waals surface area contributed by atoms with E-state index in [2.05, 4.69) is 10.6 Å². The predicted octanol–water partition coefficient (Wildman–Crippen LogP) is 3.37. The highest BCUT2D eigenvalue weighted by molar-refractivity contribution is 5.97. The maximum Gasteiger partial charge on any atom is 0.263 e. The second-order valence-corrected chi connectivity index (χ2v) is 6.73. The highest BCUT2D eigenvalue weighted by Crippen LogP contribution is 2.26. The van der Waals surface area contributed by atoms with Crippen LogP contribution in [0.25, 0.3) is 0 Å². The molecule has 1 unspecified atom stereocenters. The topological polar surface area (TPSA) is 74.1 Å². The molecule has 1 aromatic carbocycles. The second kappa shape index (κ2) is 8.39. The summed E-state index contributed by atoms with van der Waals surface area (Å²) in [6, 6.07) is 7.52. The van der Waals surface area contributed by atoms with Crippen molar-refractivity contribution in [3.63, 3.8) is 0 Å². The molecule has 0 aliphatic rings. The number of rotatable bonds is 6. The Kier molecular flexibility index (Phi) is 6.84. The van der Waals surface area contributed by atoms with Crippen LogP contribution in [0.5, 0.6) is 5.75 Å². The van der Waals surface area contributed by atoms with E-state index >= 15 is 0 Å². The molecule has 5 nitrogen and oxygen atoms in total. The van der Waals surface area contributed by atoms with Crippen molar-refractivity contribution in [3.8, 4) is 11.8 Å². The van der Waals surface area contributed by atoms with Gasteiger partial charge in [0.1, 0.15) is 17.4 Å². The monoisotopic (exact) mass is 329 g/mol. The van der Waals surface area contributed by atoms with E-state index in [-0.39, 0.29) is 17.2 Å². The normalized spacial score (nSPS) is 13.0. The van der Waals surface area contributed by atoms with Crippen molar-refractivity contribution in [2.24, 2.45) is 0 Å². The van der Waals surface area contributed by atoms with Gasteiger partial charge in [0.05, 0.1) is 12.6 Å². The molecule has 5 heteroatoms. The summed E-state index contributed by atoms with van der Waals surface area (Å²) in [6.07, 6.45) is 1.46. The Hall–Kier alpha value is -2.48. The molecule has 0 saturated heterocycles. The molecule has 24 heavy (non-hydrogen) atoms. The highest BCUT2D eigenvalue weighted by Gasteiger charge is 2.18. The number of hydrogen-bond donors (Lipinski definition) is 2. The van der Waals surface area contributed by atoms with Crippen LogP contribution in [0.1, 0.15) is 51.8 Å². The maximum absolute atomic E-state index is 12.3. The Labute approximate surface area is 144 Å². The van der Waals surface area contributed by atoms with Crippen LogP contribution >= 0.6 is 0 Å². The molecular formula is C19H27N3O2. The van der Waals surface area contributed by atoms with Gasteiger partial charge in [-0.05, 0) is 47.6 Å². The molecule has 1 aromatic rings. The van der Waals surface area contributed by atoms with Crippen LogP contribution in [-0.4, -0.2) is 18.1 Å². The number of benzene rings is 1. The van der Waals surface area contributed by atoms with Gasteiger partial charge in [-0.2, -0.15) is 5.26 Å². The van der Waals surface area contributed by atoms with Gasteiger partial charge in [-0.15, -0.1) is 0 Å². The molecule has 1 amide bonds. The van der Waals surface area contributed by atoms with E-state index in [1.165, 1.54) is 6.20 Å². The van der Waals surface area contributed by atoms with Crippen molar-refractivity contribution in [1.29, 1.82) is 5.26 Å². The number of ether oxygens (including phenoxy) is 1. The van der Waals surface area contributed by atoms with Gasteiger partial charge >= 0.3 is 0 Å². The van der Waals surface area contributed by atoms with Crippen LogP contribution in [0.2, 0.25) is 0 Å². The molecular weight excluding hydrogens is 302 g/mol. The maximum atomic E-state index is 12.3. The van der Waals surface area contributed by atoms with Gasteiger partial charge in [-0.3, -0.25) is 4.79 Å². The Morgan fingerprint density at radius 3 is 2.62 bits per heavy atom. The van der Waals surface area contributed by atoms with Gasteiger partial charge in [-0.25, -0.2) is 0 Å². The molecule has 0 aromatic heterocycles. The number of nitrogens with one attached hydrogen (secondary N) is 2. The quantitative estimate of drug-likeness (QED) is 0.620. The van der Waals surface area contributed by atoms with E-state index in [9.17, 15) is 10.1 Å². The lowest BCUT2D eigenvalue weighted by molar-refractivity contribution is -0.117. The SMILES string of the molecule is CCOc1ccc(C)cc1C(C)NC(=O)/C(C#N)=C\NC(C)(C)C. The molecule has 0 aliphatic carbocycles. The van der Waals surface area contributed by atoms with Crippen molar-refractivity contribution in [1.82, 2.24) is 10.6 Å². The molecule has 0 aliphatic heterocycles. The number of amides is 1. The van der Waals surface area contributed by atoms with Crippen molar-refractivity contribution in [2.45, 2.75) is 53.1 Å². The number of carbonyl (C=O) groups excluding carboxylic acids is 1. The number of nitrogens with zero attached hydrogens (tertiary/aromatic N) is 1. The molecule has 0 bridgehead atoms. The first-order valence-electron chi connectivity index (χ1n) is 8.10. The average Bonchev–Trinajstić information content (AvgIpc) is 2.48. The first-order valence-corrected chi connectivity index (χ1v) is 8.10. The Bertz CT molecular complexity index is 652. The summed E-state index contributed by atoms with van der Waals surface area (Å²) >= 11 is 0. The van der Waals surface area contributed by atoms with Crippen LogP contribution in [0.4, 0.5) is 0 Å². The highest BCUT2D eigenvalue weighted by atomic mass is 16.5. The fourth-order valence-electron chi connectivity index (χ4n) is 2.08. The number of nitriles is 1. The van der Waals surface area contributed by atoms with E-state index in [4.69, 9.17) is 4.74 Å². The van der Waals surface area contributed by atoms with Crippen LogP contribution in [0.3, 0.4) is 0 Å². The van der Waals surface area contributed by atoms with E-state index in [0.29, 0.717) is 6.61 Å². The lowest BCUT2D eigenvalue weighted by Gasteiger charge is -2.20. The van der Waals surface area contributed by atoms with Crippen LogP contribution in [-0.2, 0) is 4.79 Å². The van der Waals surface area contributed by atoms with Crippen molar-refractivity contribution >= 4 is 5.91 Å². The van der Waals surface area contributed by atoms with Crippen molar-refractivity contribution < 1.29 is 9.53 Å². The molecule has 0 saturated carbocycles. The minimum atomic E-state index is -0.411. The number of carbonyl (C=O) groups is 1. The molecule has 0 fully saturated rings. The van der Waals surface area contributed by atoms with Crippen molar-refractivity contribution in [2.75, 3.05) is 6.61 Å². The minimum absolute atomic E-state index is 0.0439. The van der Waals surface area contributed by atoms with Gasteiger partial charge in [0.25, 0.3) is 5.91 Å². The zero-order chi connectivity index (χ0) is 18.3. The summed E-state index contributed by atoms with van der Waals surface area (Å²) in [5.74, 6) is 0.330. The summed E-state index contributed by atoms with van der Waals surface area (Å²) in [4.78, 5) is 12.3. The fraction of sp³-hybridized carbons (Fsp3) is 0.474. The molecule has 0 radical (unpaired) electrons. The smallest absolute Gasteiger partial charge is 0.263 e. The molecule has 1 atom stereocenters. The standard InChI is InChI=1S/C19H27N3O2/c1-7-24-17-9-8-13(2)10-16(17)14(3)22-18(23)15(11-20)12-21-19(4,5)6/h8-10,12,14,21H,7H2,1-6H3,(H,22,23)/b15-12-. The van der Waals surface area contributed by atoms with Crippen molar-refractivity contribution in [3.05, 3.63) is 41.1 Å². The average molecular weight is 329 g/mol. The van der Waals surface area contributed by atoms with Gasteiger partial charge < -0.3 is 15.4 Å². The summed E-state index contributed by atoms with van der Waals surface area (Å²) in [6.45, 7) is 12.2. The van der Waals surface area contributed by atoms with Gasteiger partial charge in [0, 0.05) is 17.3 Å². The van der Waals surface area contributed by atoms with Gasteiger partial charge in [-0.1, -0.05) is 17.7 Å². The van der Waals surface area contributed by atoms with E-state index in [1.54, 1.807) is 0 Å². The minimum Gasteiger partial charge on any atom is -0.494 e. The molecule has 2 N–H and O–H groups in total. The fourth-order valence-corrected chi connectivity index (χ4v) is 2.08. The third-order valence-electron chi connectivity index (χ3n) is 3.29. The first-order chi connectivity index (χ1) is 11.2. The first kappa shape index (κ1) is 19.6. The predicted molar refractivity (Wildman–Crippen MR) is 95.5 cm³/mol. The van der Waals surface area contributed by atoms with Gasteiger partial charge in [0.2, 0.25) is 0 Å². The zero-order valence-electron chi connectivity index (χ0n) is 15.4. The Morgan fingerprint density at radius 2 is 2.08 bits per heavy atom. The third kappa shape index (κ3) is 5.96. The molecule has 0 spiro atoms. The summed E-state index contributed by atoms with van der Waals surface area (Å²) < 4.78 is 5.63. The van der Waals surface area contributed by atoms with E-state index in [0.717, 1.165) is 16.9 Å². The van der Waals surface area contributed by atoms with Crippen LogP contribution in [0, 0.1) is 18.3 Å². The van der Waals surface area contributed by atoms with E-state index < -0.39 is 5.91 Å². The Balaban J connectivity index is 2.94. The Morgan fingerprint density at radius 1 is 1.42 bits per heavy atom. The number of aryl methyl sites for hydroxylation is 1. The largest absolute Gasteiger partial charge is 0.494 e. The second-order valence-electron chi connectivity index (χ2n) is 6.73. The molecule has 1 rings (SSSR count). The molecule has 130 valence electrons. The summed E-state index contributed by atoms with van der Waals surface area (Å²) in [5, 5.41) is 15.1. The van der Waals surface area contributed by atoms with Crippen LogP contribution in [0.15, 0.2) is 30.0 Å². The number of hydrogen-bond acceptors (Lipinski definition) is 4. The summed E-state index contributed by atoms with van der Waals surface area (Å²) in [7, 11) is 0. The lowest BCUT2D eigenvalue weighted by atomic mass is 10.0. The lowest BCUT2D eigenvalue weighted by Crippen LogP contribution is -2.34. The summed E-state index contributed by atoms with van der Waals surface area (Å²) in [5.41, 5.74) is 1.81. The third-order valence-corrected chi connectivity index (χ3v) is 3.29.